The fourth-order valence-electron chi connectivity index (χ4n) is 3.54. The van der Waals surface area contributed by atoms with E-state index in [9.17, 15) is 14.0 Å². The first-order valence-electron chi connectivity index (χ1n) is 9.64. The molecule has 0 atom stereocenters. The van der Waals surface area contributed by atoms with Crippen molar-refractivity contribution >= 4 is 40.4 Å². The predicted molar refractivity (Wildman–Crippen MR) is 117 cm³/mol. The van der Waals surface area contributed by atoms with E-state index in [4.69, 9.17) is 25.5 Å². The highest BCUT2D eigenvalue weighted by Gasteiger charge is 2.30. The van der Waals surface area contributed by atoms with Gasteiger partial charge < -0.3 is 13.9 Å². The molecular formula is C25H14ClFO5. The highest BCUT2D eigenvalue weighted by atomic mass is 35.5. The molecule has 1 aromatic heterocycles. The Balaban J connectivity index is 1.42. The zero-order valence-corrected chi connectivity index (χ0v) is 17.4. The number of benzene rings is 3. The van der Waals surface area contributed by atoms with Crippen molar-refractivity contribution in [3.05, 3.63) is 99.7 Å². The van der Waals surface area contributed by atoms with E-state index in [2.05, 4.69) is 0 Å². The van der Waals surface area contributed by atoms with Gasteiger partial charge in [0.1, 0.15) is 22.9 Å². The van der Waals surface area contributed by atoms with Crippen molar-refractivity contribution < 1.29 is 27.9 Å². The van der Waals surface area contributed by atoms with E-state index in [1.807, 2.05) is 0 Å². The number of esters is 1. The second-order valence-corrected chi connectivity index (χ2v) is 7.69. The number of ether oxygens (including phenoxy) is 2. The zero-order valence-electron chi connectivity index (χ0n) is 16.6. The molecule has 3 aromatic carbocycles. The number of Topliss-reactive ketones (excluding diaryl/α,β-unsaturated/α-hetero) is 1. The van der Waals surface area contributed by atoms with Crippen LogP contribution in [0.3, 0.4) is 0 Å². The summed E-state index contributed by atoms with van der Waals surface area (Å²) >= 11 is 5.97. The number of halogens is 2. The van der Waals surface area contributed by atoms with Gasteiger partial charge in [-0.05, 0) is 55.0 Å². The van der Waals surface area contributed by atoms with Gasteiger partial charge >= 0.3 is 5.97 Å². The molecule has 158 valence electrons. The lowest BCUT2D eigenvalue weighted by Crippen LogP contribution is -2.07. The number of carbonyl (C=O) groups excluding carboxylic acids is 2. The Morgan fingerprint density at radius 1 is 1.09 bits per heavy atom. The van der Waals surface area contributed by atoms with Crippen LogP contribution in [0, 0.1) is 12.7 Å². The van der Waals surface area contributed by atoms with E-state index in [0.717, 1.165) is 0 Å². The molecule has 0 N–H and O–H groups in total. The van der Waals surface area contributed by atoms with Gasteiger partial charge in [0.15, 0.2) is 5.76 Å². The van der Waals surface area contributed by atoms with Crippen molar-refractivity contribution in [3.63, 3.8) is 0 Å². The number of hydrogen-bond acceptors (Lipinski definition) is 5. The van der Waals surface area contributed by atoms with Crippen LogP contribution in [0.5, 0.6) is 11.5 Å². The van der Waals surface area contributed by atoms with Crippen molar-refractivity contribution in [2.45, 2.75) is 6.92 Å². The smallest absolute Gasteiger partial charge is 0.379 e. The third kappa shape index (κ3) is 3.55. The van der Waals surface area contributed by atoms with Gasteiger partial charge in [-0.25, -0.2) is 9.18 Å². The van der Waals surface area contributed by atoms with Crippen molar-refractivity contribution in [2.75, 3.05) is 0 Å². The molecule has 0 radical (unpaired) electrons. The molecule has 5 rings (SSSR count). The molecule has 0 spiro atoms. The highest BCUT2D eigenvalue weighted by Crippen LogP contribution is 2.38. The van der Waals surface area contributed by atoms with E-state index in [0.29, 0.717) is 27.1 Å². The van der Waals surface area contributed by atoms with E-state index < -0.39 is 11.8 Å². The molecule has 0 fully saturated rings. The molecule has 0 bridgehead atoms. The van der Waals surface area contributed by atoms with Gasteiger partial charge in [0.05, 0.1) is 5.56 Å². The minimum atomic E-state index is -0.705. The van der Waals surface area contributed by atoms with Crippen molar-refractivity contribution in [1.82, 2.24) is 0 Å². The molecule has 1 aliphatic heterocycles. The Labute approximate surface area is 186 Å². The fraction of sp³-hybridized carbons (Fsp3) is 0.0400. The molecule has 4 aromatic rings. The largest absolute Gasteiger partial charge is 0.452 e. The maximum absolute atomic E-state index is 14.0. The van der Waals surface area contributed by atoms with Crippen LogP contribution in [0.4, 0.5) is 4.39 Å². The molecular weight excluding hydrogens is 435 g/mol. The van der Waals surface area contributed by atoms with Gasteiger partial charge in [-0.3, -0.25) is 4.79 Å². The Bertz CT molecular complexity index is 1450. The number of ketones is 1. The lowest BCUT2D eigenvalue weighted by molar-refractivity contribution is 0.0703. The first kappa shape index (κ1) is 20.0. The third-order valence-corrected chi connectivity index (χ3v) is 5.26. The maximum Gasteiger partial charge on any atom is 0.379 e. The summed E-state index contributed by atoms with van der Waals surface area (Å²) in [6.07, 6.45) is 1.35. The normalized spacial score (nSPS) is 14.0. The Morgan fingerprint density at radius 2 is 1.91 bits per heavy atom. The first-order chi connectivity index (χ1) is 15.4. The number of hydrogen-bond donors (Lipinski definition) is 0. The van der Waals surface area contributed by atoms with Gasteiger partial charge in [-0.15, -0.1) is 0 Å². The number of allylic oxidation sites excluding steroid dienone is 1. The zero-order chi connectivity index (χ0) is 22.4. The number of fused-ring (bicyclic) bond motifs is 2. The van der Waals surface area contributed by atoms with Crippen LogP contribution in [0.2, 0.25) is 5.02 Å². The van der Waals surface area contributed by atoms with Crippen LogP contribution in [0.1, 0.15) is 32.0 Å². The van der Waals surface area contributed by atoms with Crippen molar-refractivity contribution in [3.8, 4) is 11.5 Å². The average Bonchev–Trinajstić information content (AvgIpc) is 3.30. The minimum absolute atomic E-state index is 0.00848. The van der Waals surface area contributed by atoms with E-state index in [-0.39, 0.29) is 34.4 Å². The third-order valence-electron chi connectivity index (χ3n) is 5.03. The van der Waals surface area contributed by atoms with Crippen LogP contribution in [0.25, 0.3) is 17.0 Å². The van der Waals surface area contributed by atoms with Gasteiger partial charge in [0.25, 0.3) is 0 Å². The molecule has 0 amide bonds. The summed E-state index contributed by atoms with van der Waals surface area (Å²) < 4.78 is 30.6. The molecule has 5 nitrogen and oxygen atoms in total. The molecule has 1 aliphatic rings. The molecule has 0 aliphatic carbocycles. The van der Waals surface area contributed by atoms with E-state index in [1.165, 1.54) is 18.2 Å². The second-order valence-electron chi connectivity index (χ2n) is 7.26. The lowest BCUT2D eigenvalue weighted by Gasteiger charge is -2.06. The van der Waals surface area contributed by atoms with Crippen molar-refractivity contribution in [2.24, 2.45) is 0 Å². The molecule has 7 heteroatoms. The maximum atomic E-state index is 14.0. The fourth-order valence-corrected chi connectivity index (χ4v) is 3.72. The number of carbonyl (C=O) groups is 2. The van der Waals surface area contributed by atoms with Crippen LogP contribution < -0.4 is 9.47 Å². The number of furan rings is 1. The Morgan fingerprint density at radius 3 is 2.72 bits per heavy atom. The second kappa shape index (κ2) is 7.66. The van der Waals surface area contributed by atoms with Crippen molar-refractivity contribution in [1.29, 1.82) is 0 Å². The predicted octanol–water partition coefficient (Wildman–Crippen LogP) is 6.37. The summed E-state index contributed by atoms with van der Waals surface area (Å²) in [6.45, 7) is 1.70. The standard InChI is InChI=1S/C25H14ClFO5/c1-13-8-17(30-25(29)22-11-15-9-16(26)6-7-19(15)31-22)12-20-23(13)24(28)21(32-20)10-14-4-2-3-5-18(14)27/h2-12H,1H3/b21-10-. The summed E-state index contributed by atoms with van der Waals surface area (Å²) in [5.74, 6) is -1.12. The SMILES string of the molecule is Cc1cc(OC(=O)c2cc3cc(Cl)ccc3o2)cc2c1C(=O)/C(=C/c1ccccc1F)O2. The number of aryl methyl sites for hydroxylation is 1. The summed E-state index contributed by atoms with van der Waals surface area (Å²) in [7, 11) is 0. The highest BCUT2D eigenvalue weighted by molar-refractivity contribution is 6.31. The van der Waals surface area contributed by atoms with Crippen LogP contribution in [-0.2, 0) is 0 Å². The van der Waals surface area contributed by atoms with E-state index >= 15 is 0 Å². The first-order valence-corrected chi connectivity index (χ1v) is 10.0. The average molecular weight is 449 g/mol. The minimum Gasteiger partial charge on any atom is -0.452 e. The summed E-state index contributed by atoms with van der Waals surface area (Å²) in [5.41, 5.74) is 1.63. The van der Waals surface area contributed by atoms with Crippen LogP contribution in [0.15, 0.2) is 70.8 Å². The number of rotatable bonds is 3. The molecule has 0 saturated carbocycles. The molecule has 32 heavy (non-hydrogen) atoms. The summed E-state index contributed by atoms with van der Waals surface area (Å²) in [6, 6.07) is 15.6. The lowest BCUT2D eigenvalue weighted by atomic mass is 10.0. The summed E-state index contributed by atoms with van der Waals surface area (Å²) in [4.78, 5) is 25.3. The van der Waals surface area contributed by atoms with Gasteiger partial charge in [0, 0.05) is 22.0 Å². The van der Waals surface area contributed by atoms with Gasteiger partial charge in [0.2, 0.25) is 11.5 Å². The Kier molecular flexibility index (Phi) is 4.79. The van der Waals surface area contributed by atoms with Gasteiger partial charge in [-0.1, -0.05) is 29.8 Å². The topological polar surface area (TPSA) is 65.7 Å². The van der Waals surface area contributed by atoms with Gasteiger partial charge in [-0.2, -0.15) is 0 Å². The molecule has 2 heterocycles. The Hall–Kier alpha value is -3.90. The molecule has 0 unspecified atom stereocenters. The van der Waals surface area contributed by atoms with E-state index in [1.54, 1.807) is 55.5 Å². The monoisotopic (exact) mass is 448 g/mol. The van der Waals surface area contributed by atoms with Crippen LogP contribution >= 0.6 is 11.6 Å². The summed E-state index contributed by atoms with van der Waals surface area (Å²) in [5, 5.41) is 1.19. The molecule has 0 saturated heterocycles. The van der Waals surface area contributed by atoms with Crippen LogP contribution in [-0.4, -0.2) is 11.8 Å². The quantitative estimate of drug-likeness (QED) is 0.207.